The maximum atomic E-state index is 11.0. The molecule has 0 heterocycles. The maximum absolute atomic E-state index is 11.0. The van der Waals surface area contributed by atoms with Gasteiger partial charge in [0.1, 0.15) is 11.5 Å². The summed E-state index contributed by atoms with van der Waals surface area (Å²) in [4.78, 5) is 22.1. The fraction of sp³-hybridized carbons (Fsp3) is 0.333. The first-order valence-corrected chi connectivity index (χ1v) is 5.36. The van der Waals surface area contributed by atoms with Crippen LogP contribution in [-0.2, 0) is 9.59 Å². The number of aromatic hydroxyl groups is 2. The lowest BCUT2D eigenvalue weighted by Gasteiger charge is -2.17. The molecule has 98 valence electrons. The molecule has 0 atom stereocenters. The Hall–Kier alpha value is -2.24. The third kappa shape index (κ3) is 2.53. The van der Waals surface area contributed by atoms with Crippen molar-refractivity contribution in [1.29, 1.82) is 0 Å². The van der Waals surface area contributed by atoms with Crippen LogP contribution < -0.4 is 10.6 Å². The van der Waals surface area contributed by atoms with E-state index in [-0.39, 0.29) is 45.8 Å². The predicted molar refractivity (Wildman–Crippen MR) is 67.9 cm³/mol. The highest BCUT2D eigenvalue weighted by Gasteiger charge is 2.20. The molecule has 0 aliphatic heterocycles. The Morgan fingerprint density at radius 3 is 1.33 bits per heavy atom. The van der Waals surface area contributed by atoms with Crippen molar-refractivity contribution in [1.82, 2.24) is 0 Å². The largest absolute Gasteiger partial charge is 0.505 e. The molecule has 0 saturated heterocycles. The summed E-state index contributed by atoms with van der Waals surface area (Å²) < 4.78 is 0. The summed E-state index contributed by atoms with van der Waals surface area (Å²) in [6.45, 7) is 5.66. The fourth-order valence-electron chi connectivity index (χ4n) is 1.62. The van der Waals surface area contributed by atoms with Gasteiger partial charge in [-0.05, 0) is 13.8 Å². The summed E-state index contributed by atoms with van der Waals surface area (Å²) in [6.07, 6.45) is 0. The summed E-state index contributed by atoms with van der Waals surface area (Å²) in [7, 11) is 0. The van der Waals surface area contributed by atoms with Crippen LogP contribution in [0.3, 0.4) is 0 Å². The number of carbonyl (C=O) groups is 2. The zero-order valence-corrected chi connectivity index (χ0v) is 10.7. The predicted octanol–water partition coefficient (Wildman–Crippen LogP) is 1.63. The third-order valence-electron chi connectivity index (χ3n) is 2.54. The van der Waals surface area contributed by atoms with Crippen molar-refractivity contribution in [3.63, 3.8) is 0 Å². The van der Waals surface area contributed by atoms with Crippen LogP contribution in [-0.4, -0.2) is 22.0 Å². The molecule has 6 heteroatoms. The Morgan fingerprint density at radius 1 is 0.833 bits per heavy atom. The van der Waals surface area contributed by atoms with Crippen molar-refractivity contribution in [2.45, 2.75) is 27.7 Å². The van der Waals surface area contributed by atoms with Crippen LogP contribution in [0.4, 0.5) is 11.4 Å². The molecular weight excluding hydrogens is 236 g/mol. The Kier molecular flexibility index (Phi) is 3.80. The molecule has 1 aromatic rings. The summed E-state index contributed by atoms with van der Waals surface area (Å²) in [6, 6.07) is 0. The van der Waals surface area contributed by atoms with Crippen LogP contribution in [0.5, 0.6) is 11.5 Å². The molecule has 6 nitrogen and oxygen atoms in total. The van der Waals surface area contributed by atoms with Gasteiger partial charge in [0, 0.05) is 25.0 Å². The Labute approximate surface area is 105 Å². The van der Waals surface area contributed by atoms with Crippen molar-refractivity contribution in [2.75, 3.05) is 10.6 Å². The lowest BCUT2D eigenvalue weighted by atomic mass is 10.0. The van der Waals surface area contributed by atoms with E-state index in [4.69, 9.17) is 0 Å². The van der Waals surface area contributed by atoms with E-state index in [1.807, 2.05) is 0 Å². The molecule has 0 aliphatic rings. The molecule has 2 amide bonds. The van der Waals surface area contributed by atoms with Gasteiger partial charge in [0.05, 0.1) is 11.4 Å². The van der Waals surface area contributed by atoms with E-state index in [1.165, 1.54) is 27.7 Å². The summed E-state index contributed by atoms with van der Waals surface area (Å²) in [5.41, 5.74) is 0.868. The third-order valence-corrected chi connectivity index (χ3v) is 2.54. The molecule has 0 bridgehead atoms. The first kappa shape index (κ1) is 13.8. The number of hydrogen-bond acceptors (Lipinski definition) is 4. The van der Waals surface area contributed by atoms with E-state index in [0.717, 1.165) is 0 Å². The monoisotopic (exact) mass is 252 g/mol. The van der Waals surface area contributed by atoms with Crippen LogP contribution in [0.2, 0.25) is 0 Å². The van der Waals surface area contributed by atoms with Gasteiger partial charge in [-0.15, -0.1) is 0 Å². The minimum absolute atomic E-state index is 0.145. The van der Waals surface area contributed by atoms with Crippen LogP contribution in [0.1, 0.15) is 25.0 Å². The molecule has 0 saturated carbocycles. The molecule has 0 aromatic heterocycles. The highest BCUT2D eigenvalue weighted by Crippen LogP contribution is 2.43. The van der Waals surface area contributed by atoms with Gasteiger partial charge in [0.25, 0.3) is 0 Å². The van der Waals surface area contributed by atoms with Crippen LogP contribution >= 0.6 is 0 Å². The van der Waals surface area contributed by atoms with Gasteiger partial charge in [-0.1, -0.05) is 0 Å². The molecule has 0 aliphatic carbocycles. The average molecular weight is 252 g/mol. The molecule has 1 rings (SSSR count). The zero-order chi connectivity index (χ0) is 14.0. The number of carbonyl (C=O) groups excluding carboxylic acids is 2. The lowest BCUT2D eigenvalue weighted by Crippen LogP contribution is -2.11. The van der Waals surface area contributed by atoms with Crippen LogP contribution in [0.25, 0.3) is 0 Å². The lowest BCUT2D eigenvalue weighted by molar-refractivity contribution is -0.115. The standard InChI is InChI=1S/C12H16N2O4/c1-5-9(13-7(3)15)12(18)6(2)10(11(5)17)14-8(4)16/h17-18H,1-4H3,(H,13,15)(H,14,16). The summed E-state index contributed by atoms with van der Waals surface area (Å²) in [5, 5.41) is 24.8. The summed E-state index contributed by atoms with van der Waals surface area (Å²) in [5.74, 6) is -1.08. The van der Waals surface area contributed by atoms with E-state index in [9.17, 15) is 19.8 Å². The first-order chi connectivity index (χ1) is 8.25. The van der Waals surface area contributed by atoms with Gasteiger partial charge in [0.2, 0.25) is 11.8 Å². The van der Waals surface area contributed by atoms with Crippen molar-refractivity contribution >= 4 is 23.2 Å². The molecule has 4 N–H and O–H groups in total. The second-order valence-electron chi connectivity index (χ2n) is 4.06. The average Bonchev–Trinajstić information content (AvgIpc) is 2.27. The number of phenolic OH excluding ortho intramolecular Hbond substituents is 2. The molecular formula is C12H16N2O4. The fourth-order valence-corrected chi connectivity index (χ4v) is 1.62. The number of hydrogen-bond donors (Lipinski definition) is 4. The number of phenols is 2. The normalized spacial score (nSPS) is 10.0. The SMILES string of the molecule is CC(=O)Nc1c(C)c(O)c(NC(C)=O)c(C)c1O. The van der Waals surface area contributed by atoms with Crippen molar-refractivity contribution in [2.24, 2.45) is 0 Å². The van der Waals surface area contributed by atoms with Gasteiger partial charge in [0.15, 0.2) is 0 Å². The maximum Gasteiger partial charge on any atom is 0.221 e. The number of benzene rings is 1. The highest BCUT2D eigenvalue weighted by molar-refractivity contribution is 5.97. The molecule has 0 fully saturated rings. The Bertz CT molecular complexity index is 447. The van der Waals surface area contributed by atoms with Gasteiger partial charge >= 0.3 is 0 Å². The Morgan fingerprint density at radius 2 is 1.11 bits per heavy atom. The molecule has 0 radical (unpaired) electrons. The number of anilines is 2. The highest BCUT2D eigenvalue weighted by atomic mass is 16.3. The van der Waals surface area contributed by atoms with E-state index >= 15 is 0 Å². The van der Waals surface area contributed by atoms with Crippen molar-refractivity contribution < 1.29 is 19.8 Å². The molecule has 0 spiro atoms. The van der Waals surface area contributed by atoms with Gasteiger partial charge < -0.3 is 20.8 Å². The van der Waals surface area contributed by atoms with E-state index in [1.54, 1.807) is 0 Å². The number of amides is 2. The van der Waals surface area contributed by atoms with Gasteiger partial charge in [-0.2, -0.15) is 0 Å². The van der Waals surface area contributed by atoms with Gasteiger partial charge in [-0.3, -0.25) is 9.59 Å². The van der Waals surface area contributed by atoms with E-state index in [0.29, 0.717) is 0 Å². The van der Waals surface area contributed by atoms with Crippen molar-refractivity contribution in [3.8, 4) is 11.5 Å². The van der Waals surface area contributed by atoms with Crippen LogP contribution in [0, 0.1) is 13.8 Å². The smallest absolute Gasteiger partial charge is 0.221 e. The zero-order valence-electron chi connectivity index (χ0n) is 10.7. The Balaban J connectivity index is 3.44. The summed E-state index contributed by atoms with van der Waals surface area (Å²) >= 11 is 0. The molecule has 18 heavy (non-hydrogen) atoms. The topological polar surface area (TPSA) is 98.7 Å². The van der Waals surface area contributed by atoms with Crippen molar-refractivity contribution in [3.05, 3.63) is 11.1 Å². The first-order valence-electron chi connectivity index (χ1n) is 5.36. The minimum Gasteiger partial charge on any atom is -0.505 e. The quantitative estimate of drug-likeness (QED) is 0.475. The van der Waals surface area contributed by atoms with E-state index in [2.05, 4.69) is 10.6 Å². The molecule has 1 aromatic carbocycles. The van der Waals surface area contributed by atoms with Crippen LogP contribution in [0.15, 0.2) is 0 Å². The second-order valence-corrected chi connectivity index (χ2v) is 4.06. The molecule has 0 unspecified atom stereocenters. The number of rotatable bonds is 2. The minimum atomic E-state index is -0.362. The number of nitrogens with one attached hydrogen (secondary N) is 2. The van der Waals surface area contributed by atoms with Gasteiger partial charge in [-0.25, -0.2) is 0 Å². The van der Waals surface area contributed by atoms with E-state index < -0.39 is 0 Å². The second kappa shape index (κ2) is 4.95.